The Labute approximate surface area is 181 Å². The summed E-state index contributed by atoms with van der Waals surface area (Å²) in [6, 6.07) is 5.73. The van der Waals surface area contributed by atoms with Gasteiger partial charge < -0.3 is 19.5 Å². The minimum atomic E-state index is -4.71. The van der Waals surface area contributed by atoms with Gasteiger partial charge in [-0.2, -0.15) is 13.2 Å². The summed E-state index contributed by atoms with van der Waals surface area (Å²) in [6.07, 6.45) is -5.66. The number of aromatic carboxylic acids is 1. The molecule has 0 unspecified atom stereocenters. The Balaban J connectivity index is 1.80. The molecule has 0 radical (unpaired) electrons. The zero-order valence-corrected chi connectivity index (χ0v) is 17.5. The van der Waals surface area contributed by atoms with Gasteiger partial charge >= 0.3 is 18.2 Å². The summed E-state index contributed by atoms with van der Waals surface area (Å²) < 4.78 is 63.8. The molecule has 2 aromatic carbocycles. The first-order valence-electron chi connectivity index (χ1n) is 9.63. The number of ether oxygens (including phenoxy) is 2. The van der Waals surface area contributed by atoms with Gasteiger partial charge in [0, 0.05) is 5.56 Å². The van der Waals surface area contributed by atoms with Crippen molar-refractivity contribution in [3.8, 4) is 16.9 Å². The molecule has 1 saturated heterocycles. The number of carboxylic acid groups (broad SMARTS) is 1. The number of hydrogen-bond acceptors (Lipinski definition) is 4. The fraction of sp³-hybridized carbons (Fsp3) is 0.364. The van der Waals surface area contributed by atoms with Gasteiger partial charge in [0.25, 0.3) is 0 Å². The largest absolute Gasteiger partial charge is 0.487 e. The zero-order valence-electron chi connectivity index (χ0n) is 17.5. The Morgan fingerprint density at radius 1 is 1.06 bits per heavy atom. The van der Waals surface area contributed by atoms with Gasteiger partial charge in [0.2, 0.25) is 0 Å². The molecular formula is C22H21F4NO5. The number of alkyl halides is 3. The summed E-state index contributed by atoms with van der Waals surface area (Å²) in [6.45, 7) is 5.61. The molecule has 1 aliphatic heterocycles. The van der Waals surface area contributed by atoms with Gasteiger partial charge in [-0.15, -0.1) is 0 Å². The highest BCUT2D eigenvalue weighted by Gasteiger charge is 2.35. The van der Waals surface area contributed by atoms with Crippen molar-refractivity contribution >= 4 is 12.1 Å². The van der Waals surface area contributed by atoms with Gasteiger partial charge in [-0.25, -0.2) is 14.0 Å². The van der Waals surface area contributed by atoms with Crippen LogP contribution in [0, 0.1) is 5.82 Å². The van der Waals surface area contributed by atoms with E-state index in [1.54, 1.807) is 20.8 Å². The van der Waals surface area contributed by atoms with Crippen molar-refractivity contribution in [2.24, 2.45) is 0 Å². The van der Waals surface area contributed by atoms with Crippen LogP contribution in [0.1, 0.15) is 36.7 Å². The Kier molecular flexibility index (Phi) is 6.08. The molecule has 0 aromatic heterocycles. The minimum Gasteiger partial charge on any atom is -0.487 e. The number of carbonyl (C=O) groups is 2. The van der Waals surface area contributed by atoms with E-state index in [9.17, 15) is 32.3 Å². The third-order valence-corrected chi connectivity index (χ3v) is 4.56. The quantitative estimate of drug-likeness (QED) is 0.641. The second-order valence-corrected chi connectivity index (χ2v) is 8.37. The van der Waals surface area contributed by atoms with E-state index >= 15 is 0 Å². The summed E-state index contributed by atoms with van der Waals surface area (Å²) in [5.41, 5.74) is -2.18. The SMILES string of the molecule is CC(C)(C)OC(=O)N1CC(Oc2cc(C(=O)O)cc(-c3ccc(C(F)(F)F)cc3F)c2)C1. The molecule has 1 fully saturated rings. The number of halogens is 4. The lowest BCUT2D eigenvalue weighted by Gasteiger charge is -2.39. The summed E-state index contributed by atoms with van der Waals surface area (Å²) in [5, 5.41) is 9.36. The van der Waals surface area contributed by atoms with E-state index < -0.39 is 41.3 Å². The van der Waals surface area contributed by atoms with E-state index in [1.807, 2.05) is 0 Å². The van der Waals surface area contributed by atoms with Crippen LogP contribution in [0.3, 0.4) is 0 Å². The smallest absolute Gasteiger partial charge is 0.416 e. The van der Waals surface area contributed by atoms with Gasteiger partial charge in [0.05, 0.1) is 24.2 Å². The van der Waals surface area contributed by atoms with Crippen LogP contribution >= 0.6 is 0 Å². The number of hydrogen-bond donors (Lipinski definition) is 1. The molecule has 1 amide bonds. The van der Waals surface area contributed by atoms with Gasteiger partial charge in [0.1, 0.15) is 23.3 Å². The molecular weight excluding hydrogens is 434 g/mol. The highest BCUT2D eigenvalue weighted by atomic mass is 19.4. The number of amides is 1. The number of rotatable bonds is 4. The maximum atomic E-state index is 14.4. The molecule has 2 aromatic rings. The van der Waals surface area contributed by atoms with E-state index in [0.717, 1.165) is 18.2 Å². The van der Waals surface area contributed by atoms with Crippen molar-refractivity contribution in [2.45, 2.75) is 38.7 Å². The van der Waals surface area contributed by atoms with Crippen LogP contribution in [0.4, 0.5) is 22.4 Å². The second kappa shape index (κ2) is 8.33. The topological polar surface area (TPSA) is 76.1 Å². The lowest BCUT2D eigenvalue weighted by molar-refractivity contribution is -0.137. The highest BCUT2D eigenvalue weighted by Crippen LogP contribution is 2.34. The maximum Gasteiger partial charge on any atom is 0.416 e. The fourth-order valence-electron chi connectivity index (χ4n) is 3.05. The first-order valence-corrected chi connectivity index (χ1v) is 9.63. The predicted octanol–water partition coefficient (Wildman–Crippen LogP) is 5.21. The molecule has 10 heteroatoms. The third kappa shape index (κ3) is 5.49. The van der Waals surface area contributed by atoms with E-state index in [4.69, 9.17) is 9.47 Å². The summed E-state index contributed by atoms with van der Waals surface area (Å²) in [4.78, 5) is 24.9. The molecule has 0 saturated carbocycles. The predicted molar refractivity (Wildman–Crippen MR) is 106 cm³/mol. The Morgan fingerprint density at radius 2 is 1.72 bits per heavy atom. The van der Waals surface area contributed by atoms with E-state index in [0.29, 0.717) is 6.07 Å². The standard InChI is InChI=1S/C22H21F4NO5/c1-21(2,3)32-20(30)27-10-16(11-27)31-15-7-12(6-13(8-15)19(28)29)17-5-4-14(9-18(17)23)22(24,25)26/h4-9,16H,10-11H2,1-3H3,(H,28,29). The first-order chi connectivity index (χ1) is 14.7. The first kappa shape index (κ1) is 23.4. The third-order valence-electron chi connectivity index (χ3n) is 4.56. The summed E-state index contributed by atoms with van der Waals surface area (Å²) in [7, 11) is 0. The van der Waals surface area contributed by atoms with Crippen molar-refractivity contribution < 1.29 is 41.7 Å². The molecule has 172 valence electrons. The van der Waals surface area contributed by atoms with E-state index in [-0.39, 0.29) is 35.5 Å². The van der Waals surface area contributed by atoms with Gasteiger partial charge in [0.15, 0.2) is 0 Å². The molecule has 0 bridgehead atoms. The van der Waals surface area contributed by atoms with Crippen molar-refractivity contribution in [1.29, 1.82) is 0 Å². The normalized spacial score (nSPS) is 14.7. The maximum absolute atomic E-state index is 14.4. The monoisotopic (exact) mass is 455 g/mol. The highest BCUT2D eigenvalue weighted by molar-refractivity contribution is 5.90. The van der Waals surface area contributed by atoms with E-state index in [2.05, 4.69) is 0 Å². The summed E-state index contributed by atoms with van der Waals surface area (Å²) in [5.74, 6) is -2.37. The molecule has 0 atom stereocenters. The van der Waals surface area contributed by atoms with Gasteiger partial charge in [-0.05, 0) is 56.7 Å². The van der Waals surface area contributed by atoms with Gasteiger partial charge in [-0.1, -0.05) is 6.07 Å². The summed E-state index contributed by atoms with van der Waals surface area (Å²) >= 11 is 0. The van der Waals surface area contributed by atoms with Crippen LogP contribution in [0.5, 0.6) is 5.75 Å². The molecule has 1 heterocycles. The Morgan fingerprint density at radius 3 is 2.25 bits per heavy atom. The number of carbonyl (C=O) groups excluding carboxylic acids is 1. The molecule has 32 heavy (non-hydrogen) atoms. The van der Waals surface area contributed by atoms with Gasteiger partial charge in [-0.3, -0.25) is 0 Å². The number of likely N-dealkylation sites (tertiary alicyclic amines) is 1. The lowest BCUT2D eigenvalue weighted by Crippen LogP contribution is -2.57. The molecule has 1 aliphatic rings. The Bertz CT molecular complexity index is 1040. The average Bonchev–Trinajstić information content (AvgIpc) is 2.61. The molecule has 0 aliphatic carbocycles. The zero-order chi connectivity index (χ0) is 23.8. The fourth-order valence-corrected chi connectivity index (χ4v) is 3.05. The van der Waals surface area contributed by atoms with Crippen molar-refractivity contribution in [3.63, 3.8) is 0 Å². The van der Waals surface area contributed by atoms with Crippen molar-refractivity contribution in [1.82, 2.24) is 4.90 Å². The van der Waals surface area contributed by atoms with Crippen LogP contribution < -0.4 is 4.74 Å². The van der Waals surface area contributed by atoms with Crippen molar-refractivity contribution in [2.75, 3.05) is 13.1 Å². The molecule has 0 spiro atoms. The average molecular weight is 455 g/mol. The minimum absolute atomic E-state index is 0.0504. The lowest BCUT2D eigenvalue weighted by atomic mass is 10.00. The number of benzene rings is 2. The van der Waals surface area contributed by atoms with Crippen LogP contribution in [0.15, 0.2) is 36.4 Å². The molecule has 3 rings (SSSR count). The van der Waals surface area contributed by atoms with Crippen LogP contribution in [0.2, 0.25) is 0 Å². The van der Waals surface area contributed by atoms with E-state index in [1.165, 1.54) is 17.0 Å². The second-order valence-electron chi connectivity index (χ2n) is 8.37. The molecule has 1 N–H and O–H groups in total. The molecule has 6 nitrogen and oxygen atoms in total. The van der Waals surface area contributed by atoms with Crippen LogP contribution in [0.25, 0.3) is 11.1 Å². The number of carboxylic acids is 1. The number of nitrogens with zero attached hydrogens (tertiary/aromatic N) is 1. The van der Waals surface area contributed by atoms with Crippen LogP contribution in [-0.4, -0.2) is 46.9 Å². The van der Waals surface area contributed by atoms with Crippen LogP contribution in [-0.2, 0) is 10.9 Å². The van der Waals surface area contributed by atoms with Crippen molar-refractivity contribution in [3.05, 3.63) is 53.3 Å². The Hall–Kier alpha value is -3.30.